The van der Waals surface area contributed by atoms with Crippen LogP contribution in [0.15, 0.2) is 0 Å². The average Bonchev–Trinajstić information content (AvgIpc) is 2.83. The molecule has 0 saturated carbocycles. The fraction of sp³-hybridized carbons (Fsp3) is 0.931. The number of methoxy groups -OCH3 is 1. The molecule has 0 N–H and O–H groups in total. The molecule has 0 aliphatic rings. The maximum Gasteiger partial charge on any atom is 0.305 e. The van der Waals surface area contributed by atoms with Crippen molar-refractivity contribution in [1.29, 1.82) is 0 Å². The first kappa shape index (κ1) is 32.9. The Morgan fingerprint density at radius 2 is 0.794 bits per heavy atom. The average molecular weight is 485 g/mol. The molecule has 0 aliphatic carbocycles. The lowest BCUT2D eigenvalue weighted by Gasteiger charge is -2.06. The highest BCUT2D eigenvalue weighted by Crippen LogP contribution is 2.13. The molecule has 0 amide bonds. The van der Waals surface area contributed by atoms with Crippen molar-refractivity contribution in [2.75, 3.05) is 26.9 Å². The molecule has 5 nitrogen and oxygen atoms in total. The lowest BCUT2D eigenvalue weighted by molar-refractivity contribution is -0.145. The number of unbranched alkanes of at least 4 members (excludes halogenated alkanes) is 18. The van der Waals surface area contributed by atoms with Crippen LogP contribution < -0.4 is 0 Å². The van der Waals surface area contributed by atoms with Crippen molar-refractivity contribution in [3.8, 4) is 0 Å². The maximum absolute atomic E-state index is 11.8. The second-order valence-electron chi connectivity index (χ2n) is 9.65. The van der Waals surface area contributed by atoms with Gasteiger partial charge in [-0.2, -0.15) is 0 Å². The third-order valence-corrected chi connectivity index (χ3v) is 6.32. The zero-order valence-corrected chi connectivity index (χ0v) is 22.7. The van der Waals surface area contributed by atoms with Crippen LogP contribution in [-0.4, -0.2) is 38.9 Å². The molecule has 0 aliphatic heterocycles. The van der Waals surface area contributed by atoms with Crippen molar-refractivity contribution in [2.45, 2.75) is 148 Å². The number of rotatable bonds is 27. The Hall–Kier alpha value is -1.10. The van der Waals surface area contributed by atoms with E-state index in [-0.39, 0.29) is 11.9 Å². The number of carbonyl (C=O) groups excluding carboxylic acids is 2. The van der Waals surface area contributed by atoms with Gasteiger partial charge in [-0.25, -0.2) is 0 Å². The van der Waals surface area contributed by atoms with Gasteiger partial charge in [-0.3, -0.25) is 9.59 Å². The van der Waals surface area contributed by atoms with E-state index < -0.39 is 0 Å². The van der Waals surface area contributed by atoms with Gasteiger partial charge in [-0.1, -0.05) is 116 Å². The second kappa shape index (κ2) is 28.1. The summed E-state index contributed by atoms with van der Waals surface area (Å²) in [6.45, 7) is 3.64. The van der Waals surface area contributed by atoms with Crippen molar-refractivity contribution in [1.82, 2.24) is 0 Å². The Kier molecular flexibility index (Phi) is 27.2. The van der Waals surface area contributed by atoms with Crippen LogP contribution in [-0.2, 0) is 23.8 Å². The molecule has 0 unspecified atom stereocenters. The molecule has 0 aromatic carbocycles. The summed E-state index contributed by atoms with van der Waals surface area (Å²) in [5.41, 5.74) is 0. The SMILES string of the molecule is CCCCCCCCCCCCCCCCOC(=O)CCCCCCCCC(=O)OCCOC. The molecular formula is C29H56O5. The first-order chi connectivity index (χ1) is 16.7. The van der Waals surface area contributed by atoms with Crippen LogP contribution in [0.4, 0.5) is 0 Å². The van der Waals surface area contributed by atoms with Crippen LogP contribution in [0.1, 0.15) is 148 Å². The van der Waals surface area contributed by atoms with E-state index in [2.05, 4.69) is 6.92 Å². The summed E-state index contributed by atoms with van der Waals surface area (Å²) in [6, 6.07) is 0. The van der Waals surface area contributed by atoms with E-state index in [1.807, 2.05) is 0 Å². The summed E-state index contributed by atoms with van der Waals surface area (Å²) in [5, 5.41) is 0. The highest BCUT2D eigenvalue weighted by Gasteiger charge is 2.04. The zero-order chi connectivity index (χ0) is 25.0. The van der Waals surface area contributed by atoms with Crippen LogP contribution in [0.3, 0.4) is 0 Å². The van der Waals surface area contributed by atoms with Crippen molar-refractivity contribution in [3.63, 3.8) is 0 Å². The van der Waals surface area contributed by atoms with Crippen LogP contribution in [0.5, 0.6) is 0 Å². The predicted octanol–water partition coefficient (Wildman–Crippen LogP) is 8.32. The summed E-state index contributed by atoms with van der Waals surface area (Å²) in [7, 11) is 1.59. The van der Waals surface area contributed by atoms with Gasteiger partial charge >= 0.3 is 11.9 Å². The fourth-order valence-electron chi connectivity index (χ4n) is 4.11. The van der Waals surface area contributed by atoms with Gasteiger partial charge in [-0.15, -0.1) is 0 Å². The van der Waals surface area contributed by atoms with Gasteiger partial charge < -0.3 is 14.2 Å². The minimum atomic E-state index is -0.140. The van der Waals surface area contributed by atoms with Gasteiger partial charge in [-0.05, 0) is 19.3 Å². The Bertz CT molecular complexity index is 438. The first-order valence-electron chi connectivity index (χ1n) is 14.5. The molecule has 0 radical (unpaired) electrons. The molecule has 0 rings (SSSR count). The Balaban J connectivity index is 3.21. The van der Waals surface area contributed by atoms with Crippen molar-refractivity contribution in [3.05, 3.63) is 0 Å². The van der Waals surface area contributed by atoms with E-state index in [0.29, 0.717) is 32.7 Å². The van der Waals surface area contributed by atoms with E-state index in [4.69, 9.17) is 14.2 Å². The van der Waals surface area contributed by atoms with Crippen LogP contribution in [0.2, 0.25) is 0 Å². The van der Waals surface area contributed by atoms with Crippen molar-refractivity contribution < 1.29 is 23.8 Å². The number of carbonyl (C=O) groups is 2. The number of hydrogen-bond donors (Lipinski definition) is 0. The van der Waals surface area contributed by atoms with Gasteiger partial charge in [0.1, 0.15) is 6.61 Å². The Morgan fingerprint density at radius 3 is 1.21 bits per heavy atom. The molecule has 34 heavy (non-hydrogen) atoms. The van der Waals surface area contributed by atoms with E-state index in [1.165, 1.54) is 83.5 Å². The van der Waals surface area contributed by atoms with Crippen molar-refractivity contribution in [2.24, 2.45) is 0 Å². The molecule has 0 heterocycles. The topological polar surface area (TPSA) is 61.8 Å². The van der Waals surface area contributed by atoms with Gasteiger partial charge in [0.15, 0.2) is 0 Å². The van der Waals surface area contributed by atoms with E-state index >= 15 is 0 Å². The Morgan fingerprint density at radius 1 is 0.441 bits per heavy atom. The lowest BCUT2D eigenvalue weighted by Crippen LogP contribution is -2.09. The number of ether oxygens (including phenoxy) is 3. The standard InChI is InChI=1S/C29H56O5/c1-3-4-5-6-7-8-9-10-11-12-13-16-19-22-25-33-28(30)23-20-17-14-15-18-21-24-29(31)34-27-26-32-2/h3-27H2,1-2H3. The van der Waals surface area contributed by atoms with Crippen molar-refractivity contribution >= 4 is 11.9 Å². The third-order valence-electron chi connectivity index (χ3n) is 6.32. The molecule has 0 spiro atoms. The molecule has 0 aromatic rings. The lowest BCUT2D eigenvalue weighted by atomic mass is 10.0. The summed E-state index contributed by atoms with van der Waals surface area (Å²) in [6.07, 6.45) is 25.8. The number of hydrogen-bond acceptors (Lipinski definition) is 5. The van der Waals surface area contributed by atoms with Gasteiger partial charge in [0.25, 0.3) is 0 Å². The van der Waals surface area contributed by atoms with Crippen LogP contribution >= 0.6 is 0 Å². The highest BCUT2D eigenvalue weighted by atomic mass is 16.6. The number of esters is 2. The first-order valence-corrected chi connectivity index (χ1v) is 14.5. The zero-order valence-electron chi connectivity index (χ0n) is 22.7. The predicted molar refractivity (Wildman–Crippen MR) is 141 cm³/mol. The van der Waals surface area contributed by atoms with Gasteiger partial charge in [0.05, 0.1) is 13.2 Å². The molecule has 0 fully saturated rings. The van der Waals surface area contributed by atoms with E-state index in [0.717, 1.165) is 44.9 Å². The van der Waals surface area contributed by atoms with Crippen LogP contribution in [0, 0.1) is 0 Å². The molecule has 0 saturated heterocycles. The molecule has 0 aromatic heterocycles. The van der Waals surface area contributed by atoms with E-state index in [9.17, 15) is 9.59 Å². The fourth-order valence-corrected chi connectivity index (χ4v) is 4.11. The normalized spacial score (nSPS) is 11.0. The molecule has 0 bridgehead atoms. The van der Waals surface area contributed by atoms with Crippen LogP contribution in [0.25, 0.3) is 0 Å². The Labute approximate surface area is 211 Å². The molecule has 5 heteroatoms. The quantitative estimate of drug-likeness (QED) is 0.0866. The highest BCUT2D eigenvalue weighted by molar-refractivity contribution is 5.69. The summed E-state index contributed by atoms with van der Waals surface area (Å²) in [4.78, 5) is 23.3. The smallest absolute Gasteiger partial charge is 0.305 e. The molecule has 0 atom stereocenters. The summed E-state index contributed by atoms with van der Waals surface area (Å²) < 4.78 is 15.2. The van der Waals surface area contributed by atoms with Gasteiger partial charge in [0.2, 0.25) is 0 Å². The third kappa shape index (κ3) is 27.1. The summed E-state index contributed by atoms with van der Waals surface area (Å²) in [5.74, 6) is -0.188. The monoisotopic (exact) mass is 484 g/mol. The second-order valence-corrected chi connectivity index (χ2v) is 9.65. The van der Waals surface area contributed by atoms with Gasteiger partial charge in [0, 0.05) is 20.0 Å². The maximum atomic E-state index is 11.8. The van der Waals surface area contributed by atoms with E-state index in [1.54, 1.807) is 7.11 Å². The molecular weight excluding hydrogens is 428 g/mol. The largest absolute Gasteiger partial charge is 0.466 e. The molecule has 202 valence electrons. The summed E-state index contributed by atoms with van der Waals surface area (Å²) >= 11 is 0. The minimum Gasteiger partial charge on any atom is -0.466 e. The minimum absolute atomic E-state index is 0.0477.